The molecule has 3 aliphatic heterocycles. The Morgan fingerprint density at radius 1 is 1.02 bits per heavy atom. The van der Waals surface area contributed by atoms with Gasteiger partial charge in [0.25, 0.3) is 11.5 Å². The number of nitrogens with one attached hydrogen (secondary N) is 1. The van der Waals surface area contributed by atoms with Gasteiger partial charge in [-0.15, -0.1) is 0 Å². The average Bonchev–Trinajstić information content (AvgIpc) is 2.99. The van der Waals surface area contributed by atoms with Crippen LogP contribution in [0.3, 0.4) is 0 Å². The van der Waals surface area contributed by atoms with Crippen molar-refractivity contribution in [3.8, 4) is 5.75 Å². The highest BCUT2D eigenvalue weighted by molar-refractivity contribution is 5.88. The maximum Gasteiger partial charge on any atom is 0.430 e. The summed E-state index contributed by atoms with van der Waals surface area (Å²) in [7, 11) is 0.918. The van der Waals surface area contributed by atoms with Gasteiger partial charge in [-0.1, -0.05) is 48.5 Å². The fourth-order valence-electron chi connectivity index (χ4n) is 6.69. The van der Waals surface area contributed by atoms with E-state index in [0.29, 0.717) is 39.2 Å². The van der Waals surface area contributed by atoms with Crippen molar-refractivity contribution in [1.82, 2.24) is 15.1 Å². The summed E-state index contributed by atoms with van der Waals surface area (Å²) in [5.41, 5.74) is -2.93. The molecule has 1 spiro atoms. The van der Waals surface area contributed by atoms with Crippen LogP contribution in [0.15, 0.2) is 54.6 Å². The molecule has 42 heavy (non-hydrogen) atoms. The number of methoxy groups -OCH3 is 1. The van der Waals surface area contributed by atoms with Gasteiger partial charge in [-0.3, -0.25) is 14.5 Å². The van der Waals surface area contributed by atoms with Gasteiger partial charge in [0, 0.05) is 64.3 Å². The Kier molecular flexibility index (Phi) is 9.10. The number of piperidine rings is 2. The summed E-state index contributed by atoms with van der Waals surface area (Å²) in [6.45, 7) is 4.96. The summed E-state index contributed by atoms with van der Waals surface area (Å²) >= 11 is 0. The molecular formula is C31H38F3N3O5. The number of halogens is 3. The summed E-state index contributed by atoms with van der Waals surface area (Å²) in [6, 6.07) is 14.8. The number of alkyl halides is 3. The molecule has 3 saturated heterocycles. The summed E-state index contributed by atoms with van der Waals surface area (Å²) in [6.07, 6.45) is -3.98. The standard InChI is InChI=1S/C31H38F3N3O5/c1-40-30(31(32,33)34,23-7-3-2-4-8-23)28(39)37-13-11-29(12-14-37)21-27(38)35-22-25(29)24-9-5-6-10-26(24)42-20-17-36-15-18-41-19-16-36/h2-10,25H,11-22H2,1H3,(H,35,38)/t25?,30-/m1/s1. The number of rotatable bonds is 8. The largest absolute Gasteiger partial charge is 0.492 e. The van der Waals surface area contributed by atoms with E-state index in [1.807, 2.05) is 24.3 Å². The smallest absolute Gasteiger partial charge is 0.430 e. The van der Waals surface area contributed by atoms with Crippen LogP contribution in [0.2, 0.25) is 0 Å². The topological polar surface area (TPSA) is 80.3 Å². The van der Waals surface area contributed by atoms with Crippen molar-refractivity contribution in [2.75, 3.05) is 66.2 Å². The SMILES string of the molecule is CO[C@@](C(=O)N1CCC2(CC1)CC(=O)NCC2c1ccccc1OCCN1CCOCC1)(c1ccccc1)C(F)(F)F. The first kappa shape index (κ1) is 30.3. The Morgan fingerprint density at radius 3 is 2.36 bits per heavy atom. The third-order valence-electron chi connectivity index (χ3n) is 9.05. The Balaban J connectivity index is 1.35. The number of ether oxygens (including phenoxy) is 3. The van der Waals surface area contributed by atoms with Crippen LogP contribution >= 0.6 is 0 Å². The van der Waals surface area contributed by atoms with E-state index in [2.05, 4.69) is 10.2 Å². The Bertz CT molecular complexity index is 1230. The number of hydrogen-bond acceptors (Lipinski definition) is 6. The lowest BCUT2D eigenvalue weighted by Gasteiger charge is -2.50. The number of likely N-dealkylation sites (tertiary alicyclic amines) is 1. The fraction of sp³-hybridized carbons (Fsp3) is 0.548. The van der Waals surface area contributed by atoms with Gasteiger partial charge in [0.05, 0.1) is 13.2 Å². The first-order valence-corrected chi connectivity index (χ1v) is 14.5. The van der Waals surface area contributed by atoms with E-state index in [0.717, 1.165) is 38.1 Å². The molecule has 8 nitrogen and oxygen atoms in total. The van der Waals surface area contributed by atoms with E-state index in [4.69, 9.17) is 14.2 Å². The lowest BCUT2D eigenvalue weighted by molar-refractivity contribution is -0.271. The van der Waals surface area contributed by atoms with Gasteiger partial charge < -0.3 is 24.4 Å². The first-order valence-electron chi connectivity index (χ1n) is 14.5. The van der Waals surface area contributed by atoms with Gasteiger partial charge in [0.15, 0.2) is 0 Å². The van der Waals surface area contributed by atoms with Crippen LogP contribution < -0.4 is 10.1 Å². The third kappa shape index (κ3) is 5.87. The molecule has 11 heteroatoms. The second kappa shape index (κ2) is 12.6. The highest BCUT2D eigenvalue weighted by atomic mass is 19.4. The summed E-state index contributed by atoms with van der Waals surface area (Å²) in [5.74, 6) is -0.606. The first-order chi connectivity index (χ1) is 20.2. The van der Waals surface area contributed by atoms with E-state index < -0.39 is 23.1 Å². The highest BCUT2D eigenvalue weighted by Gasteiger charge is 2.64. The van der Waals surface area contributed by atoms with Gasteiger partial charge in [0.1, 0.15) is 12.4 Å². The van der Waals surface area contributed by atoms with Crippen LogP contribution in [0, 0.1) is 5.41 Å². The zero-order valence-electron chi connectivity index (χ0n) is 23.8. The quantitative estimate of drug-likeness (QED) is 0.506. The van der Waals surface area contributed by atoms with Crippen molar-refractivity contribution in [3.05, 3.63) is 65.7 Å². The monoisotopic (exact) mass is 589 g/mol. The van der Waals surface area contributed by atoms with E-state index in [-0.39, 0.29) is 36.9 Å². The zero-order valence-corrected chi connectivity index (χ0v) is 23.8. The van der Waals surface area contributed by atoms with E-state index in [9.17, 15) is 22.8 Å². The van der Waals surface area contributed by atoms with Crippen molar-refractivity contribution >= 4 is 11.8 Å². The molecule has 0 aromatic heterocycles. The summed E-state index contributed by atoms with van der Waals surface area (Å²) < 4.78 is 60.4. The van der Waals surface area contributed by atoms with Crippen LogP contribution in [0.25, 0.3) is 0 Å². The number of hydrogen-bond donors (Lipinski definition) is 1. The summed E-state index contributed by atoms with van der Waals surface area (Å²) in [5, 5.41) is 2.98. The minimum Gasteiger partial charge on any atom is -0.492 e. The van der Waals surface area contributed by atoms with Gasteiger partial charge in [0.2, 0.25) is 5.91 Å². The number of carbonyl (C=O) groups is 2. The molecule has 0 saturated carbocycles. The normalized spacial score (nSPS) is 22.8. The molecule has 2 atom stereocenters. The molecule has 5 rings (SSSR count). The second-order valence-corrected chi connectivity index (χ2v) is 11.3. The molecule has 0 bridgehead atoms. The van der Waals surface area contributed by atoms with Crippen molar-refractivity contribution in [2.45, 2.75) is 37.0 Å². The molecule has 1 unspecified atom stereocenters. The Morgan fingerprint density at radius 2 is 1.69 bits per heavy atom. The molecule has 2 amide bonds. The van der Waals surface area contributed by atoms with Gasteiger partial charge >= 0.3 is 6.18 Å². The number of carbonyl (C=O) groups excluding carboxylic acids is 2. The lowest BCUT2D eigenvalue weighted by atomic mass is 9.62. The molecule has 3 aliphatic rings. The minimum atomic E-state index is -4.97. The van der Waals surface area contributed by atoms with Crippen LogP contribution in [0.1, 0.15) is 36.3 Å². The van der Waals surface area contributed by atoms with Crippen molar-refractivity contribution in [3.63, 3.8) is 0 Å². The number of benzene rings is 2. The molecule has 3 fully saturated rings. The van der Waals surface area contributed by atoms with Crippen molar-refractivity contribution < 1.29 is 37.0 Å². The molecule has 228 valence electrons. The molecular weight excluding hydrogens is 551 g/mol. The molecule has 1 N–H and O–H groups in total. The maximum absolute atomic E-state index is 14.6. The van der Waals surface area contributed by atoms with E-state index >= 15 is 0 Å². The molecule has 3 heterocycles. The molecule has 0 radical (unpaired) electrons. The predicted molar refractivity (Wildman–Crippen MR) is 149 cm³/mol. The van der Waals surface area contributed by atoms with Crippen LogP contribution in [0.4, 0.5) is 13.2 Å². The van der Waals surface area contributed by atoms with Gasteiger partial charge in [-0.25, -0.2) is 0 Å². The van der Waals surface area contributed by atoms with Crippen LogP contribution in [0.5, 0.6) is 5.75 Å². The maximum atomic E-state index is 14.6. The molecule has 2 aromatic carbocycles. The number of amides is 2. The Labute approximate surface area is 244 Å². The molecule has 2 aromatic rings. The van der Waals surface area contributed by atoms with Gasteiger partial charge in [-0.2, -0.15) is 13.2 Å². The molecule has 0 aliphatic carbocycles. The van der Waals surface area contributed by atoms with Crippen molar-refractivity contribution in [1.29, 1.82) is 0 Å². The van der Waals surface area contributed by atoms with Crippen LogP contribution in [-0.4, -0.2) is 94.0 Å². The van der Waals surface area contributed by atoms with Gasteiger partial charge in [-0.05, 0) is 29.9 Å². The third-order valence-corrected chi connectivity index (χ3v) is 9.05. The number of morpholine rings is 1. The lowest BCUT2D eigenvalue weighted by Crippen LogP contribution is -2.60. The van der Waals surface area contributed by atoms with Crippen LogP contribution in [-0.2, 0) is 24.7 Å². The summed E-state index contributed by atoms with van der Waals surface area (Å²) in [4.78, 5) is 29.9. The zero-order chi connectivity index (χ0) is 29.8. The predicted octanol–water partition coefficient (Wildman–Crippen LogP) is 3.71. The minimum absolute atomic E-state index is 0.0801. The number of para-hydroxylation sites is 1. The second-order valence-electron chi connectivity index (χ2n) is 11.3. The van der Waals surface area contributed by atoms with Crippen molar-refractivity contribution in [2.24, 2.45) is 5.41 Å². The van der Waals surface area contributed by atoms with E-state index in [1.54, 1.807) is 6.07 Å². The number of nitrogens with zero attached hydrogens (tertiary/aromatic N) is 2. The average molecular weight is 590 g/mol. The Hall–Kier alpha value is -3.15. The fourth-order valence-corrected chi connectivity index (χ4v) is 6.69. The van der Waals surface area contributed by atoms with E-state index in [1.165, 1.54) is 29.2 Å². The highest BCUT2D eigenvalue weighted by Crippen LogP contribution is 2.52.